The predicted molar refractivity (Wildman–Crippen MR) is 83.9 cm³/mol. The Hall–Kier alpha value is -0.830. The van der Waals surface area contributed by atoms with Gasteiger partial charge in [-0.2, -0.15) is 17.5 Å². The fourth-order valence-corrected chi connectivity index (χ4v) is 4.51. The Labute approximate surface area is 140 Å². The quantitative estimate of drug-likeness (QED) is 0.883. The lowest BCUT2D eigenvalue weighted by Crippen LogP contribution is -2.44. The number of hydrogen-bond donors (Lipinski definition) is 1. The summed E-state index contributed by atoms with van der Waals surface area (Å²) in [5.41, 5.74) is 4.56. The molecule has 1 fully saturated rings. The van der Waals surface area contributed by atoms with Crippen LogP contribution in [-0.4, -0.2) is 31.9 Å². The van der Waals surface area contributed by atoms with E-state index in [0.717, 1.165) is 18.6 Å². The summed E-state index contributed by atoms with van der Waals surface area (Å²) in [5.74, 6) is 0. The molecule has 2 rings (SSSR count). The molecule has 4 nitrogen and oxygen atoms in total. The summed E-state index contributed by atoms with van der Waals surface area (Å²) >= 11 is 0. The molecule has 1 saturated heterocycles. The average molecular weight is 373 g/mol. The van der Waals surface area contributed by atoms with Crippen LogP contribution >= 0.6 is 12.4 Å². The van der Waals surface area contributed by atoms with E-state index in [4.69, 9.17) is 5.73 Å². The number of piperidine rings is 1. The van der Waals surface area contributed by atoms with Gasteiger partial charge >= 0.3 is 6.18 Å². The number of rotatable bonds is 4. The highest BCUT2D eigenvalue weighted by Crippen LogP contribution is 2.32. The number of nitrogens with zero attached hydrogens (tertiary/aromatic N) is 1. The summed E-state index contributed by atoms with van der Waals surface area (Å²) in [5, 5.41) is 0. The molecule has 1 heterocycles. The van der Waals surface area contributed by atoms with Crippen molar-refractivity contribution in [2.45, 2.75) is 42.8 Å². The van der Waals surface area contributed by atoms with E-state index in [1.54, 1.807) is 0 Å². The van der Waals surface area contributed by atoms with Crippen molar-refractivity contribution < 1.29 is 21.6 Å². The van der Waals surface area contributed by atoms with Crippen LogP contribution < -0.4 is 5.73 Å². The van der Waals surface area contributed by atoms with Gasteiger partial charge in [0.1, 0.15) is 0 Å². The highest BCUT2D eigenvalue weighted by atomic mass is 35.5. The molecule has 0 saturated carbocycles. The van der Waals surface area contributed by atoms with Crippen LogP contribution in [0.25, 0.3) is 0 Å². The lowest BCUT2D eigenvalue weighted by Gasteiger charge is -2.34. The van der Waals surface area contributed by atoms with Crippen LogP contribution in [0.2, 0.25) is 0 Å². The molecule has 1 aromatic carbocycles. The minimum atomic E-state index is -4.57. The molecular weight excluding hydrogens is 353 g/mol. The monoisotopic (exact) mass is 372 g/mol. The highest BCUT2D eigenvalue weighted by Gasteiger charge is 2.35. The molecular formula is C14H20ClF3N2O2S. The molecule has 0 spiro atoms. The molecule has 0 radical (unpaired) electrons. The number of hydrogen-bond acceptors (Lipinski definition) is 3. The van der Waals surface area contributed by atoms with Crippen molar-refractivity contribution in [1.29, 1.82) is 0 Å². The molecule has 9 heteroatoms. The summed E-state index contributed by atoms with van der Waals surface area (Å²) in [4.78, 5) is -0.314. The van der Waals surface area contributed by atoms with Crippen LogP contribution in [0.15, 0.2) is 29.2 Å². The fraction of sp³-hybridized carbons (Fsp3) is 0.571. The van der Waals surface area contributed by atoms with Gasteiger partial charge in [0.2, 0.25) is 10.0 Å². The summed E-state index contributed by atoms with van der Waals surface area (Å²) < 4.78 is 65.0. The largest absolute Gasteiger partial charge is 0.416 e. The van der Waals surface area contributed by atoms with Crippen LogP contribution in [-0.2, 0) is 16.2 Å². The van der Waals surface area contributed by atoms with Crippen molar-refractivity contribution in [1.82, 2.24) is 4.31 Å². The van der Waals surface area contributed by atoms with E-state index >= 15 is 0 Å². The number of sulfonamides is 1. The van der Waals surface area contributed by atoms with Gasteiger partial charge in [-0.15, -0.1) is 12.4 Å². The second-order valence-electron chi connectivity index (χ2n) is 5.37. The second kappa shape index (κ2) is 7.83. The third-order valence-electron chi connectivity index (χ3n) is 3.84. The van der Waals surface area contributed by atoms with Crippen LogP contribution in [0.3, 0.4) is 0 Å². The van der Waals surface area contributed by atoms with E-state index in [2.05, 4.69) is 0 Å². The summed E-state index contributed by atoms with van der Waals surface area (Å²) in [6.07, 6.45) is -1.75. The van der Waals surface area contributed by atoms with Crippen molar-refractivity contribution in [2.75, 3.05) is 13.1 Å². The Balaban J connectivity index is 0.00000264. The topological polar surface area (TPSA) is 63.4 Å². The third kappa shape index (κ3) is 4.59. The fourth-order valence-electron chi connectivity index (χ4n) is 2.74. The molecule has 0 bridgehead atoms. The molecule has 1 aliphatic heterocycles. The van der Waals surface area contributed by atoms with E-state index < -0.39 is 21.8 Å². The van der Waals surface area contributed by atoms with Gasteiger partial charge in [0.25, 0.3) is 0 Å². The smallest absolute Gasteiger partial charge is 0.330 e. The van der Waals surface area contributed by atoms with Gasteiger partial charge in [0.05, 0.1) is 10.5 Å². The summed E-state index contributed by atoms with van der Waals surface area (Å²) in [6.45, 7) is 0.669. The average Bonchev–Trinajstić information content (AvgIpc) is 2.47. The molecule has 0 amide bonds. The Kier molecular flexibility index (Phi) is 6.88. The third-order valence-corrected chi connectivity index (χ3v) is 5.79. The lowest BCUT2D eigenvalue weighted by atomic mass is 10.0. The van der Waals surface area contributed by atoms with E-state index in [1.807, 2.05) is 0 Å². The van der Waals surface area contributed by atoms with E-state index in [1.165, 1.54) is 10.4 Å². The zero-order chi connectivity index (χ0) is 16.4. The number of alkyl halides is 3. The molecule has 0 aliphatic carbocycles. The minimum absolute atomic E-state index is 0. The van der Waals surface area contributed by atoms with Crippen LogP contribution in [0.5, 0.6) is 0 Å². The first kappa shape index (κ1) is 20.2. The molecule has 0 aromatic heterocycles. The Morgan fingerprint density at radius 3 is 2.57 bits per heavy atom. The van der Waals surface area contributed by atoms with Crippen molar-refractivity contribution in [3.63, 3.8) is 0 Å². The Morgan fingerprint density at radius 1 is 1.26 bits per heavy atom. The lowest BCUT2D eigenvalue weighted by molar-refractivity contribution is -0.137. The minimum Gasteiger partial charge on any atom is -0.330 e. The number of halogens is 4. The van der Waals surface area contributed by atoms with Crippen molar-refractivity contribution in [3.05, 3.63) is 29.8 Å². The Morgan fingerprint density at radius 2 is 1.96 bits per heavy atom. The number of nitrogens with two attached hydrogens (primary N) is 1. The Bertz CT molecular complexity index is 621. The summed E-state index contributed by atoms with van der Waals surface area (Å²) in [6, 6.07) is 3.66. The predicted octanol–water partition coefficient (Wildman–Crippen LogP) is 3.02. The zero-order valence-corrected chi connectivity index (χ0v) is 14.1. The normalized spacial score (nSPS) is 20.1. The van der Waals surface area contributed by atoms with Gasteiger partial charge in [0.15, 0.2) is 0 Å². The maximum atomic E-state index is 12.8. The number of benzene rings is 1. The SMILES string of the molecule is Cl.NCCC1CCCCN1S(=O)(=O)c1cccc(C(F)(F)F)c1. The maximum Gasteiger partial charge on any atom is 0.416 e. The molecule has 23 heavy (non-hydrogen) atoms. The molecule has 132 valence electrons. The van der Waals surface area contributed by atoms with Gasteiger partial charge in [-0.1, -0.05) is 12.5 Å². The zero-order valence-electron chi connectivity index (χ0n) is 12.4. The van der Waals surface area contributed by atoms with Gasteiger partial charge in [-0.25, -0.2) is 8.42 Å². The van der Waals surface area contributed by atoms with E-state index in [0.29, 0.717) is 38.4 Å². The highest BCUT2D eigenvalue weighted by molar-refractivity contribution is 7.89. The van der Waals surface area contributed by atoms with Gasteiger partial charge < -0.3 is 5.73 Å². The molecule has 1 aliphatic rings. The van der Waals surface area contributed by atoms with Crippen LogP contribution in [0, 0.1) is 0 Å². The first-order valence-electron chi connectivity index (χ1n) is 7.16. The van der Waals surface area contributed by atoms with Crippen LogP contribution in [0.1, 0.15) is 31.2 Å². The maximum absolute atomic E-state index is 12.8. The molecule has 1 unspecified atom stereocenters. The van der Waals surface area contributed by atoms with Gasteiger partial charge in [-0.3, -0.25) is 0 Å². The van der Waals surface area contributed by atoms with Crippen molar-refractivity contribution in [3.8, 4) is 0 Å². The van der Waals surface area contributed by atoms with Gasteiger partial charge in [-0.05, 0) is 44.0 Å². The van der Waals surface area contributed by atoms with Crippen LogP contribution in [0.4, 0.5) is 13.2 Å². The van der Waals surface area contributed by atoms with E-state index in [9.17, 15) is 21.6 Å². The van der Waals surface area contributed by atoms with Crippen molar-refractivity contribution in [2.24, 2.45) is 5.73 Å². The second-order valence-corrected chi connectivity index (χ2v) is 7.26. The molecule has 1 atom stereocenters. The summed E-state index contributed by atoms with van der Waals surface area (Å²) in [7, 11) is -3.94. The molecule has 2 N–H and O–H groups in total. The molecule has 1 aromatic rings. The van der Waals surface area contributed by atoms with E-state index in [-0.39, 0.29) is 23.3 Å². The standard InChI is InChI=1S/C14H19F3N2O2S.ClH/c15-14(16,17)11-4-3-6-13(10-11)22(20,21)19-9-2-1-5-12(19)7-8-18;/h3-4,6,10,12H,1-2,5,7-9,18H2;1H. The van der Waals surface area contributed by atoms with Gasteiger partial charge in [0, 0.05) is 12.6 Å². The first-order chi connectivity index (χ1) is 10.3. The first-order valence-corrected chi connectivity index (χ1v) is 8.60. The van der Waals surface area contributed by atoms with Crippen molar-refractivity contribution >= 4 is 22.4 Å².